The van der Waals surface area contributed by atoms with E-state index in [0.29, 0.717) is 6.54 Å². The predicted molar refractivity (Wildman–Crippen MR) is 94.8 cm³/mol. The first kappa shape index (κ1) is 16.5. The van der Waals surface area contributed by atoms with Crippen molar-refractivity contribution in [3.63, 3.8) is 0 Å². The minimum atomic E-state index is -0.221. The average molecular weight is 326 g/mol. The van der Waals surface area contributed by atoms with Crippen LogP contribution in [0.2, 0.25) is 0 Å². The normalized spacial score (nSPS) is 18.1. The van der Waals surface area contributed by atoms with E-state index in [4.69, 9.17) is 0 Å². The van der Waals surface area contributed by atoms with Crippen molar-refractivity contribution in [2.45, 2.75) is 32.1 Å². The van der Waals surface area contributed by atoms with Gasteiger partial charge in [0.2, 0.25) is 0 Å². The molecule has 1 fully saturated rings. The van der Waals surface area contributed by atoms with Gasteiger partial charge in [-0.3, -0.25) is 0 Å². The number of likely N-dealkylation sites (tertiary alicyclic amines) is 1. The Balaban J connectivity index is 1.71. The number of anilines is 1. The fourth-order valence-electron chi connectivity index (χ4n) is 3.24. The van der Waals surface area contributed by atoms with Gasteiger partial charge in [-0.2, -0.15) is 0 Å². The number of hydrogen-bond acceptors (Lipinski definition) is 1. The van der Waals surface area contributed by atoms with Crippen LogP contribution in [0.15, 0.2) is 48.5 Å². The molecule has 1 unspecified atom stereocenters. The van der Waals surface area contributed by atoms with Gasteiger partial charge in [-0.1, -0.05) is 36.8 Å². The molecule has 2 amide bonds. The number of hydrogen-bond donors (Lipinski definition) is 1. The Hall–Kier alpha value is -2.36. The SMILES string of the molecule is Cc1ccccc1NC(=O)N1CCCCC(c2ccc(F)cc2)C1. The summed E-state index contributed by atoms with van der Waals surface area (Å²) in [4.78, 5) is 14.5. The number of urea groups is 1. The molecular formula is C20H23FN2O. The van der Waals surface area contributed by atoms with Gasteiger partial charge in [0.1, 0.15) is 5.82 Å². The molecule has 0 saturated carbocycles. The van der Waals surface area contributed by atoms with Gasteiger partial charge in [0.15, 0.2) is 0 Å². The van der Waals surface area contributed by atoms with Gasteiger partial charge in [0, 0.05) is 24.7 Å². The molecule has 0 spiro atoms. The minimum Gasteiger partial charge on any atom is -0.324 e. The Morgan fingerprint density at radius 3 is 2.62 bits per heavy atom. The van der Waals surface area contributed by atoms with E-state index in [9.17, 15) is 9.18 Å². The topological polar surface area (TPSA) is 32.3 Å². The van der Waals surface area contributed by atoms with E-state index in [1.807, 2.05) is 48.2 Å². The summed E-state index contributed by atoms with van der Waals surface area (Å²) in [6.45, 7) is 3.41. The summed E-state index contributed by atoms with van der Waals surface area (Å²) in [5.41, 5.74) is 3.01. The molecular weight excluding hydrogens is 303 g/mol. The molecule has 0 aliphatic carbocycles. The highest BCUT2D eigenvalue weighted by Gasteiger charge is 2.23. The van der Waals surface area contributed by atoms with E-state index in [0.717, 1.165) is 42.6 Å². The van der Waals surface area contributed by atoms with Crippen molar-refractivity contribution in [3.05, 3.63) is 65.5 Å². The predicted octanol–water partition coefficient (Wildman–Crippen LogP) is 4.94. The first-order valence-electron chi connectivity index (χ1n) is 8.50. The summed E-state index contributed by atoms with van der Waals surface area (Å²) >= 11 is 0. The monoisotopic (exact) mass is 326 g/mol. The van der Waals surface area contributed by atoms with Crippen LogP contribution in [0.25, 0.3) is 0 Å². The van der Waals surface area contributed by atoms with Crippen LogP contribution in [-0.2, 0) is 0 Å². The largest absolute Gasteiger partial charge is 0.324 e. The summed E-state index contributed by atoms with van der Waals surface area (Å²) in [7, 11) is 0. The Morgan fingerprint density at radius 1 is 1.12 bits per heavy atom. The number of carbonyl (C=O) groups excluding carboxylic acids is 1. The lowest BCUT2D eigenvalue weighted by Crippen LogP contribution is -2.37. The number of carbonyl (C=O) groups is 1. The second kappa shape index (κ2) is 7.47. The molecule has 2 aromatic carbocycles. The van der Waals surface area contributed by atoms with Gasteiger partial charge in [-0.25, -0.2) is 9.18 Å². The molecule has 1 aliphatic heterocycles. The molecule has 3 nitrogen and oxygen atoms in total. The fraction of sp³-hybridized carbons (Fsp3) is 0.350. The summed E-state index contributed by atoms with van der Waals surface area (Å²) in [5, 5.41) is 3.02. The highest BCUT2D eigenvalue weighted by molar-refractivity contribution is 5.90. The molecule has 1 heterocycles. The van der Waals surface area contributed by atoms with Crippen LogP contribution < -0.4 is 5.32 Å². The molecule has 126 valence electrons. The third kappa shape index (κ3) is 3.94. The number of nitrogens with zero attached hydrogens (tertiary/aromatic N) is 1. The lowest BCUT2D eigenvalue weighted by Gasteiger charge is -2.25. The van der Waals surface area contributed by atoms with E-state index in [1.54, 1.807) is 0 Å². The van der Waals surface area contributed by atoms with Gasteiger partial charge < -0.3 is 10.2 Å². The van der Waals surface area contributed by atoms with Crippen molar-refractivity contribution >= 4 is 11.7 Å². The van der Waals surface area contributed by atoms with Crippen molar-refractivity contribution in [2.75, 3.05) is 18.4 Å². The van der Waals surface area contributed by atoms with Gasteiger partial charge in [0.05, 0.1) is 0 Å². The summed E-state index contributed by atoms with van der Waals surface area (Å²) in [6, 6.07) is 14.4. The molecule has 1 saturated heterocycles. The van der Waals surface area contributed by atoms with Crippen molar-refractivity contribution in [2.24, 2.45) is 0 Å². The quantitative estimate of drug-likeness (QED) is 0.833. The first-order chi connectivity index (χ1) is 11.6. The van der Waals surface area contributed by atoms with Crippen LogP contribution in [0.3, 0.4) is 0 Å². The fourth-order valence-corrected chi connectivity index (χ4v) is 3.24. The zero-order valence-electron chi connectivity index (χ0n) is 14.0. The van der Waals surface area contributed by atoms with E-state index in [1.165, 1.54) is 12.1 Å². The van der Waals surface area contributed by atoms with Crippen LogP contribution in [0.1, 0.15) is 36.3 Å². The number of benzene rings is 2. The smallest absolute Gasteiger partial charge is 0.321 e. The van der Waals surface area contributed by atoms with Crippen molar-refractivity contribution in [1.29, 1.82) is 0 Å². The van der Waals surface area contributed by atoms with Crippen LogP contribution in [-0.4, -0.2) is 24.0 Å². The van der Waals surface area contributed by atoms with Crippen LogP contribution >= 0.6 is 0 Å². The van der Waals surface area contributed by atoms with E-state index >= 15 is 0 Å². The lowest BCUT2D eigenvalue weighted by molar-refractivity contribution is 0.211. The Bertz CT molecular complexity index is 699. The van der Waals surface area contributed by atoms with Gasteiger partial charge in [-0.05, 0) is 49.1 Å². The Kier molecular flexibility index (Phi) is 5.14. The molecule has 24 heavy (non-hydrogen) atoms. The third-order valence-corrected chi connectivity index (χ3v) is 4.69. The molecule has 0 aromatic heterocycles. The molecule has 3 rings (SSSR count). The summed E-state index contributed by atoms with van der Waals surface area (Å²) in [5.74, 6) is 0.0391. The molecule has 1 atom stereocenters. The maximum atomic E-state index is 13.1. The van der Waals surface area contributed by atoms with Gasteiger partial charge in [-0.15, -0.1) is 0 Å². The molecule has 1 aliphatic rings. The zero-order chi connectivity index (χ0) is 16.9. The van der Waals surface area contributed by atoms with Gasteiger partial charge in [0.25, 0.3) is 0 Å². The standard InChI is InChI=1S/C20H23FN2O/c1-15-6-2-3-8-19(15)22-20(24)23-13-5-4-7-17(14-23)16-9-11-18(21)12-10-16/h2-3,6,8-12,17H,4-5,7,13-14H2,1H3,(H,22,24). The van der Waals surface area contributed by atoms with Gasteiger partial charge >= 0.3 is 6.03 Å². The minimum absolute atomic E-state index is 0.0571. The number of aryl methyl sites for hydroxylation is 1. The van der Waals surface area contributed by atoms with Crippen LogP contribution in [0.5, 0.6) is 0 Å². The second-order valence-electron chi connectivity index (χ2n) is 6.44. The van der Waals surface area contributed by atoms with E-state index in [2.05, 4.69) is 5.32 Å². The summed E-state index contributed by atoms with van der Waals surface area (Å²) in [6.07, 6.45) is 3.11. The third-order valence-electron chi connectivity index (χ3n) is 4.69. The number of para-hydroxylation sites is 1. The van der Waals surface area contributed by atoms with Crippen molar-refractivity contribution < 1.29 is 9.18 Å². The molecule has 2 aromatic rings. The molecule has 0 radical (unpaired) electrons. The highest BCUT2D eigenvalue weighted by Crippen LogP contribution is 2.27. The Labute approximate surface area is 142 Å². The van der Waals surface area contributed by atoms with Crippen molar-refractivity contribution in [1.82, 2.24) is 4.90 Å². The van der Waals surface area contributed by atoms with Crippen LogP contribution in [0.4, 0.5) is 14.9 Å². The molecule has 1 N–H and O–H groups in total. The maximum absolute atomic E-state index is 13.1. The number of amides is 2. The highest BCUT2D eigenvalue weighted by atomic mass is 19.1. The van der Waals surface area contributed by atoms with Crippen molar-refractivity contribution in [3.8, 4) is 0 Å². The number of rotatable bonds is 2. The van der Waals surface area contributed by atoms with Crippen LogP contribution in [0, 0.1) is 12.7 Å². The number of nitrogens with one attached hydrogen (secondary N) is 1. The Morgan fingerprint density at radius 2 is 1.88 bits per heavy atom. The first-order valence-corrected chi connectivity index (χ1v) is 8.50. The zero-order valence-corrected chi connectivity index (χ0v) is 14.0. The lowest BCUT2D eigenvalue weighted by atomic mass is 9.94. The maximum Gasteiger partial charge on any atom is 0.321 e. The van der Waals surface area contributed by atoms with E-state index < -0.39 is 0 Å². The second-order valence-corrected chi connectivity index (χ2v) is 6.44. The van der Waals surface area contributed by atoms with E-state index in [-0.39, 0.29) is 17.8 Å². The average Bonchev–Trinajstić information content (AvgIpc) is 2.84. The molecule has 0 bridgehead atoms. The molecule has 4 heteroatoms. The summed E-state index contributed by atoms with van der Waals surface area (Å²) < 4.78 is 13.1. The number of halogens is 1.